The summed E-state index contributed by atoms with van der Waals surface area (Å²) < 4.78 is 10.7. The minimum Gasteiger partial charge on any atom is -0.494 e. The molecular weight excluding hydrogens is 431 g/mol. The summed E-state index contributed by atoms with van der Waals surface area (Å²) in [4.78, 5) is 8.42. The molecule has 0 aliphatic carbocycles. The Morgan fingerprint density at radius 3 is 2.52 bits per heavy atom. The first-order valence-electron chi connectivity index (χ1n) is 7.91. The van der Waals surface area contributed by atoms with E-state index < -0.39 is 0 Å². The van der Waals surface area contributed by atoms with Crippen molar-refractivity contribution in [2.45, 2.75) is 20.0 Å². The second kappa shape index (κ2) is 11.5. The molecule has 0 saturated heterocycles. The van der Waals surface area contributed by atoms with E-state index in [-0.39, 0.29) is 24.0 Å². The highest BCUT2D eigenvalue weighted by atomic mass is 127. The SMILES string of the molecule is CCOc1ccccc1CNC(=NC)NCc1ccc(OC)nc1.I. The third-order valence-corrected chi connectivity index (χ3v) is 3.41. The lowest BCUT2D eigenvalue weighted by Crippen LogP contribution is -2.36. The van der Waals surface area contributed by atoms with Gasteiger partial charge in [-0.25, -0.2) is 4.98 Å². The number of hydrogen-bond acceptors (Lipinski definition) is 4. The fourth-order valence-electron chi connectivity index (χ4n) is 2.17. The van der Waals surface area contributed by atoms with Crippen LogP contribution in [0.3, 0.4) is 0 Å². The molecule has 1 heterocycles. The molecule has 136 valence electrons. The number of nitrogens with zero attached hydrogens (tertiary/aromatic N) is 2. The van der Waals surface area contributed by atoms with Crippen LogP contribution in [0.25, 0.3) is 0 Å². The number of para-hydroxylation sites is 1. The number of methoxy groups -OCH3 is 1. The van der Waals surface area contributed by atoms with Gasteiger partial charge in [0.25, 0.3) is 0 Å². The highest BCUT2D eigenvalue weighted by Gasteiger charge is 2.04. The Labute approximate surface area is 166 Å². The number of nitrogens with one attached hydrogen (secondary N) is 2. The van der Waals surface area contributed by atoms with Gasteiger partial charge in [-0.1, -0.05) is 24.3 Å². The van der Waals surface area contributed by atoms with Crippen LogP contribution in [0.1, 0.15) is 18.1 Å². The Morgan fingerprint density at radius 2 is 1.88 bits per heavy atom. The molecule has 6 nitrogen and oxygen atoms in total. The zero-order valence-corrected chi connectivity index (χ0v) is 17.1. The number of aliphatic imine (C=N–C) groups is 1. The van der Waals surface area contributed by atoms with E-state index in [4.69, 9.17) is 9.47 Å². The maximum absolute atomic E-state index is 5.63. The summed E-state index contributed by atoms with van der Waals surface area (Å²) in [5.74, 6) is 2.22. The summed E-state index contributed by atoms with van der Waals surface area (Å²) >= 11 is 0. The second-order valence-corrected chi connectivity index (χ2v) is 5.03. The predicted molar refractivity (Wildman–Crippen MR) is 111 cm³/mol. The molecular formula is C18H25IN4O2. The lowest BCUT2D eigenvalue weighted by molar-refractivity contribution is 0.336. The summed E-state index contributed by atoms with van der Waals surface area (Å²) in [6, 6.07) is 11.8. The summed E-state index contributed by atoms with van der Waals surface area (Å²) in [5, 5.41) is 6.55. The van der Waals surface area contributed by atoms with Crippen molar-refractivity contribution in [3.63, 3.8) is 0 Å². The molecule has 2 aromatic rings. The molecule has 7 heteroatoms. The van der Waals surface area contributed by atoms with Crippen LogP contribution < -0.4 is 20.1 Å². The highest BCUT2D eigenvalue weighted by Crippen LogP contribution is 2.17. The monoisotopic (exact) mass is 456 g/mol. The molecule has 0 bridgehead atoms. The van der Waals surface area contributed by atoms with Gasteiger partial charge >= 0.3 is 0 Å². The average Bonchev–Trinajstić information content (AvgIpc) is 2.64. The van der Waals surface area contributed by atoms with Crippen molar-refractivity contribution in [1.82, 2.24) is 15.6 Å². The molecule has 0 fully saturated rings. The van der Waals surface area contributed by atoms with Crippen LogP contribution in [0, 0.1) is 0 Å². The molecule has 0 aliphatic rings. The Hall–Kier alpha value is -2.03. The van der Waals surface area contributed by atoms with E-state index in [0.717, 1.165) is 22.8 Å². The summed E-state index contributed by atoms with van der Waals surface area (Å²) in [6.45, 7) is 3.89. The molecule has 0 amide bonds. The van der Waals surface area contributed by atoms with Gasteiger partial charge in [0.2, 0.25) is 5.88 Å². The Balaban J connectivity index is 0.00000312. The number of ether oxygens (including phenoxy) is 2. The third-order valence-electron chi connectivity index (χ3n) is 3.41. The number of benzene rings is 1. The predicted octanol–water partition coefficient (Wildman–Crippen LogP) is 2.97. The van der Waals surface area contributed by atoms with E-state index in [1.807, 2.05) is 43.3 Å². The molecule has 0 saturated carbocycles. The molecule has 0 unspecified atom stereocenters. The van der Waals surface area contributed by atoms with Gasteiger partial charge in [-0.2, -0.15) is 0 Å². The quantitative estimate of drug-likeness (QED) is 0.381. The number of halogens is 1. The molecule has 25 heavy (non-hydrogen) atoms. The molecule has 1 aromatic heterocycles. The smallest absolute Gasteiger partial charge is 0.212 e. The number of rotatable bonds is 7. The lowest BCUT2D eigenvalue weighted by Gasteiger charge is -2.14. The van der Waals surface area contributed by atoms with Crippen molar-refractivity contribution in [3.8, 4) is 11.6 Å². The van der Waals surface area contributed by atoms with Crippen molar-refractivity contribution in [2.75, 3.05) is 20.8 Å². The largest absolute Gasteiger partial charge is 0.494 e. The van der Waals surface area contributed by atoms with Crippen LogP contribution in [-0.4, -0.2) is 31.7 Å². The van der Waals surface area contributed by atoms with Gasteiger partial charge in [-0.05, 0) is 18.6 Å². The number of aromatic nitrogens is 1. The van der Waals surface area contributed by atoms with Crippen molar-refractivity contribution in [3.05, 3.63) is 53.7 Å². The standard InChI is InChI=1S/C18H24N4O2.HI/c1-4-24-16-8-6-5-7-15(16)13-22-18(19-2)21-12-14-9-10-17(23-3)20-11-14;/h5-11H,4,12-13H2,1-3H3,(H2,19,21,22);1H. The Kier molecular flexibility index (Phi) is 9.68. The van der Waals surface area contributed by atoms with E-state index in [1.165, 1.54) is 0 Å². The summed E-state index contributed by atoms with van der Waals surface area (Å²) in [7, 11) is 3.35. The number of pyridine rings is 1. The van der Waals surface area contributed by atoms with Crippen LogP contribution in [-0.2, 0) is 13.1 Å². The first-order chi connectivity index (χ1) is 11.8. The van der Waals surface area contributed by atoms with Crippen molar-refractivity contribution >= 4 is 29.9 Å². The van der Waals surface area contributed by atoms with E-state index in [9.17, 15) is 0 Å². The van der Waals surface area contributed by atoms with E-state index >= 15 is 0 Å². The van der Waals surface area contributed by atoms with Gasteiger partial charge in [0.05, 0.1) is 13.7 Å². The van der Waals surface area contributed by atoms with Gasteiger partial charge in [0.15, 0.2) is 5.96 Å². The van der Waals surface area contributed by atoms with E-state index in [2.05, 4.69) is 20.6 Å². The zero-order valence-electron chi connectivity index (χ0n) is 14.8. The molecule has 0 atom stereocenters. The van der Waals surface area contributed by atoms with Crippen LogP contribution in [0.5, 0.6) is 11.6 Å². The Bertz CT molecular complexity index is 662. The van der Waals surface area contributed by atoms with E-state index in [1.54, 1.807) is 20.4 Å². The topological polar surface area (TPSA) is 67.8 Å². The lowest BCUT2D eigenvalue weighted by atomic mass is 10.2. The maximum Gasteiger partial charge on any atom is 0.212 e. The van der Waals surface area contributed by atoms with Crippen LogP contribution in [0.15, 0.2) is 47.6 Å². The van der Waals surface area contributed by atoms with Crippen LogP contribution in [0.4, 0.5) is 0 Å². The van der Waals surface area contributed by atoms with Gasteiger partial charge in [-0.15, -0.1) is 24.0 Å². The van der Waals surface area contributed by atoms with Crippen molar-refractivity contribution < 1.29 is 9.47 Å². The third kappa shape index (κ3) is 6.77. The molecule has 0 aliphatic heterocycles. The van der Waals surface area contributed by atoms with Gasteiger partial charge in [-0.3, -0.25) is 4.99 Å². The fraction of sp³-hybridized carbons (Fsp3) is 0.333. The van der Waals surface area contributed by atoms with Crippen molar-refractivity contribution in [2.24, 2.45) is 4.99 Å². The Morgan fingerprint density at radius 1 is 1.12 bits per heavy atom. The molecule has 1 aromatic carbocycles. The summed E-state index contributed by atoms with van der Waals surface area (Å²) in [5.41, 5.74) is 2.14. The fourth-order valence-corrected chi connectivity index (χ4v) is 2.17. The minimum absolute atomic E-state index is 0. The molecule has 0 radical (unpaired) electrons. The van der Waals surface area contributed by atoms with Crippen LogP contribution >= 0.6 is 24.0 Å². The summed E-state index contributed by atoms with van der Waals surface area (Å²) in [6.07, 6.45) is 1.78. The van der Waals surface area contributed by atoms with E-state index in [0.29, 0.717) is 25.6 Å². The number of hydrogen-bond donors (Lipinski definition) is 2. The van der Waals surface area contributed by atoms with Gasteiger partial charge < -0.3 is 20.1 Å². The molecule has 2 rings (SSSR count). The average molecular weight is 456 g/mol. The first-order valence-corrected chi connectivity index (χ1v) is 7.91. The van der Waals surface area contributed by atoms with Crippen molar-refractivity contribution in [1.29, 1.82) is 0 Å². The maximum atomic E-state index is 5.63. The molecule has 2 N–H and O–H groups in total. The highest BCUT2D eigenvalue weighted by molar-refractivity contribution is 14.0. The van der Waals surface area contributed by atoms with Gasteiger partial charge in [0, 0.05) is 38.0 Å². The van der Waals surface area contributed by atoms with Gasteiger partial charge in [0.1, 0.15) is 5.75 Å². The van der Waals surface area contributed by atoms with Crippen LogP contribution in [0.2, 0.25) is 0 Å². The second-order valence-electron chi connectivity index (χ2n) is 5.03. The normalized spacial score (nSPS) is 10.6. The zero-order chi connectivity index (χ0) is 17.2. The minimum atomic E-state index is 0. The first kappa shape index (κ1) is 21.0. The number of guanidine groups is 1. The molecule has 0 spiro atoms.